The quantitative estimate of drug-likeness (QED) is 0.489. The van der Waals surface area contributed by atoms with Crippen molar-refractivity contribution in [3.63, 3.8) is 0 Å². The second kappa shape index (κ2) is 4.97. The average molecular weight is 186 g/mol. The predicted molar refractivity (Wildman–Crippen MR) is 53.7 cm³/mol. The van der Waals surface area contributed by atoms with Crippen molar-refractivity contribution in [1.29, 1.82) is 0 Å². The van der Waals surface area contributed by atoms with E-state index in [4.69, 9.17) is 9.84 Å². The van der Waals surface area contributed by atoms with Gasteiger partial charge in [0, 0.05) is 0 Å². The van der Waals surface area contributed by atoms with Gasteiger partial charge >= 0.3 is 0 Å². The molecular weight excluding hydrogens is 164 g/mol. The zero-order valence-corrected chi connectivity index (χ0v) is 8.88. The first kappa shape index (κ1) is 11.0. The summed E-state index contributed by atoms with van der Waals surface area (Å²) in [5.41, 5.74) is -0.190. The number of ether oxygens (including phenoxy) is 1. The number of epoxide rings is 1. The maximum Gasteiger partial charge on any atom is 0.115 e. The van der Waals surface area contributed by atoms with Crippen molar-refractivity contribution < 1.29 is 9.84 Å². The molecule has 78 valence electrons. The molecule has 0 saturated carbocycles. The monoisotopic (exact) mass is 186 g/mol. The molecule has 0 amide bonds. The van der Waals surface area contributed by atoms with Crippen molar-refractivity contribution >= 4 is 0 Å². The van der Waals surface area contributed by atoms with E-state index in [1.807, 2.05) is 6.92 Å². The van der Waals surface area contributed by atoms with Crippen molar-refractivity contribution in [3.8, 4) is 0 Å². The van der Waals surface area contributed by atoms with E-state index in [0.29, 0.717) is 6.10 Å². The first-order chi connectivity index (χ1) is 6.23. The minimum absolute atomic E-state index is 0.173. The van der Waals surface area contributed by atoms with Crippen LogP contribution in [0.3, 0.4) is 0 Å². The van der Waals surface area contributed by atoms with Gasteiger partial charge in [-0.3, -0.25) is 0 Å². The molecule has 1 aliphatic rings. The fourth-order valence-corrected chi connectivity index (χ4v) is 1.73. The van der Waals surface area contributed by atoms with Crippen LogP contribution in [0.25, 0.3) is 0 Å². The molecule has 0 aromatic rings. The van der Waals surface area contributed by atoms with Crippen molar-refractivity contribution in [3.05, 3.63) is 0 Å². The summed E-state index contributed by atoms with van der Waals surface area (Å²) >= 11 is 0. The predicted octanol–water partition coefficient (Wildman–Crippen LogP) is 2.50. The molecule has 0 spiro atoms. The zero-order valence-electron chi connectivity index (χ0n) is 8.88. The Labute approximate surface area is 81.3 Å². The van der Waals surface area contributed by atoms with Gasteiger partial charge in [-0.25, -0.2) is 0 Å². The van der Waals surface area contributed by atoms with Gasteiger partial charge in [0.2, 0.25) is 0 Å². The van der Waals surface area contributed by atoms with Crippen molar-refractivity contribution in [2.45, 2.75) is 64.1 Å². The molecule has 1 N–H and O–H groups in total. The van der Waals surface area contributed by atoms with E-state index >= 15 is 0 Å². The molecule has 0 aliphatic carbocycles. The second-order valence-electron chi connectivity index (χ2n) is 4.28. The number of hydrogen-bond donors (Lipinski definition) is 1. The van der Waals surface area contributed by atoms with E-state index < -0.39 is 0 Å². The van der Waals surface area contributed by atoms with Crippen LogP contribution in [0.4, 0.5) is 0 Å². The highest BCUT2D eigenvalue weighted by Crippen LogP contribution is 2.38. The van der Waals surface area contributed by atoms with Crippen LogP contribution in [-0.2, 0) is 4.74 Å². The lowest BCUT2D eigenvalue weighted by Gasteiger charge is -2.00. The van der Waals surface area contributed by atoms with E-state index in [-0.39, 0.29) is 12.2 Å². The molecule has 0 aromatic carbocycles. The van der Waals surface area contributed by atoms with Crippen LogP contribution in [0.5, 0.6) is 0 Å². The molecule has 1 fully saturated rings. The Morgan fingerprint density at radius 3 is 2.46 bits per heavy atom. The molecule has 1 rings (SSSR count). The van der Waals surface area contributed by atoms with Gasteiger partial charge in [0.25, 0.3) is 0 Å². The fourth-order valence-electron chi connectivity index (χ4n) is 1.73. The Balaban J connectivity index is 1.91. The lowest BCUT2D eigenvalue weighted by Crippen LogP contribution is -2.14. The molecule has 0 radical (unpaired) electrons. The maximum atomic E-state index is 8.95. The lowest BCUT2D eigenvalue weighted by atomic mass is 10.0. The van der Waals surface area contributed by atoms with E-state index in [0.717, 1.165) is 6.42 Å². The minimum atomic E-state index is -0.190. The molecule has 1 aliphatic heterocycles. The maximum absolute atomic E-state index is 8.95. The highest BCUT2D eigenvalue weighted by Gasteiger charge is 2.50. The third-order valence-corrected chi connectivity index (χ3v) is 2.92. The molecule has 0 aromatic heterocycles. The van der Waals surface area contributed by atoms with Crippen LogP contribution in [0.2, 0.25) is 0 Å². The van der Waals surface area contributed by atoms with Gasteiger partial charge in [-0.1, -0.05) is 39.0 Å². The number of aliphatic hydroxyl groups excluding tert-OH is 1. The molecule has 2 heteroatoms. The normalized spacial score (nSPS) is 32.1. The highest BCUT2D eigenvalue weighted by molar-refractivity contribution is 4.98. The van der Waals surface area contributed by atoms with Gasteiger partial charge in [-0.2, -0.15) is 0 Å². The number of hydrogen-bond acceptors (Lipinski definition) is 2. The topological polar surface area (TPSA) is 32.8 Å². The summed E-state index contributed by atoms with van der Waals surface area (Å²) in [5.74, 6) is 0. The fraction of sp³-hybridized carbons (Fsp3) is 1.00. The summed E-state index contributed by atoms with van der Waals surface area (Å²) in [4.78, 5) is 0. The second-order valence-corrected chi connectivity index (χ2v) is 4.28. The Bertz CT molecular complexity index is 147. The lowest BCUT2D eigenvalue weighted by molar-refractivity contribution is 0.184. The average Bonchev–Trinajstić information content (AvgIpc) is 2.78. The number of aliphatic hydroxyl groups is 1. The Morgan fingerprint density at radius 1 is 1.23 bits per heavy atom. The summed E-state index contributed by atoms with van der Waals surface area (Å²) in [6.45, 7) is 4.39. The highest BCUT2D eigenvalue weighted by atomic mass is 16.6. The van der Waals surface area contributed by atoms with Crippen LogP contribution < -0.4 is 0 Å². The largest absolute Gasteiger partial charge is 0.393 e. The SMILES string of the molecule is CCCCCCC[C@H]1O[C@]1(C)CO. The van der Waals surface area contributed by atoms with Gasteiger partial charge < -0.3 is 9.84 Å². The Kier molecular flexibility index (Phi) is 4.20. The van der Waals surface area contributed by atoms with Gasteiger partial charge in [-0.05, 0) is 13.3 Å². The van der Waals surface area contributed by atoms with Gasteiger partial charge in [0.15, 0.2) is 0 Å². The Morgan fingerprint density at radius 2 is 1.92 bits per heavy atom. The molecule has 0 bridgehead atoms. The standard InChI is InChI=1S/C11H22O2/c1-3-4-5-6-7-8-10-11(2,9-12)13-10/h10,12H,3-9H2,1-2H3/t10-,11-/m1/s1. The van der Waals surface area contributed by atoms with Gasteiger partial charge in [-0.15, -0.1) is 0 Å². The first-order valence-corrected chi connectivity index (χ1v) is 5.51. The van der Waals surface area contributed by atoms with Crippen LogP contribution >= 0.6 is 0 Å². The van der Waals surface area contributed by atoms with Crippen LogP contribution in [0.15, 0.2) is 0 Å². The van der Waals surface area contributed by atoms with E-state index in [1.165, 1.54) is 32.1 Å². The van der Waals surface area contributed by atoms with Crippen LogP contribution in [-0.4, -0.2) is 23.4 Å². The summed E-state index contributed by atoms with van der Waals surface area (Å²) < 4.78 is 5.41. The molecule has 1 heterocycles. The van der Waals surface area contributed by atoms with Crippen molar-refractivity contribution in [2.75, 3.05) is 6.61 Å². The van der Waals surface area contributed by atoms with Crippen molar-refractivity contribution in [2.24, 2.45) is 0 Å². The van der Waals surface area contributed by atoms with Crippen LogP contribution in [0, 0.1) is 0 Å². The minimum Gasteiger partial charge on any atom is -0.393 e. The Hall–Kier alpha value is -0.0800. The summed E-state index contributed by atoms with van der Waals surface area (Å²) in [7, 11) is 0. The van der Waals surface area contributed by atoms with Crippen LogP contribution in [0.1, 0.15) is 52.4 Å². The van der Waals surface area contributed by atoms with E-state index in [9.17, 15) is 0 Å². The summed E-state index contributed by atoms with van der Waals surface area (Å²) in [5, 5.41) is 8.95. The van der Waals surface area contributed by atoms with Crippen molar-refractivity contribution in [1.82, 2.24) is 0 Å². The zero-order chi connectivity index (χ0) is 9.73. The third kappa shape index (κ3) is 3.28. The third-order valence-electron chi connectivity index (χ3n) is 2.92. The molecular formula is C11H22O2. The molecule has 2 nitrogen and oxygen atoms in total. The molecule has 0 unspecified atom stereocenters. The number of unbranched alkanes of at least 4 members (excludes halogenated alkanes) is 4. The van der Waals surface area contributed by atoms with Gasteiger partial charge in [0.05, 0.1) is 12.7 Å². The van der Waals surface area contributed by atoms with Gasteiger partial charge in [0.1, 0.15) is 5.60 Å². The van der Waals surface area contributed by atoms with E-state index in [2.05, 4.69) is 6.92 Å². The van der Waals surface area contributed by atoms with E-state index in [1.54, 1.807) is 0 Å². The summed E-state index contributed by atoms with van der Waals surface area (Å²) in [6, 6.07) is 0. The number of rotatable bonds is 7. The molecule has 1 saturated heterocycles. The summed E-state index contributed by atoms with van der Waals surface area (Å²) in [6.07, 6.45) is 8.02. The smallest absolute Gasteiger partial charge is 0.115 e. The molecule has 13 heavy (non-hydrogen) atoms. The molecule has 2 atom stereocenters. The first-order valence-electron chi connectivity index (χ1n) is 5.51.